The van der Waals surface area contributed by atoms with Crippen LogP contribution < -0.4 is 0 Å². The molecular formula is C14H22N2O2S2. The Kier molecular flexibility index (Phi) is 5.49. The van der Waals surface area contributed by atoms with E-state index >= 15 is 0 Å². The number of nitrogens with zero attached hydrogens (tertiary/aromatic N) is 2. The molecule has 0 radical (unpaired) electrons. The minimum absolute atomic E-state index is 0.0442. The largest absolute Gasteiger partial charge is 0.308 e. The fourth-order valence-electron chi connectivity index (χ4n) is 2.42. The van der Waals surface area contributed by atoms with Crippen molar-refractivity contribution in [3.8, 4) is 0 Å². The Labute approximate surface area is 126 Å². The molecule has 1 atom stereocenters. The van der Waals surface area contributed by atoms with Crippen LogP contribution in [0.3, 0.4) is 0 Å². The Balaban J connectivity index is 2.30. The van der Waals surface area contributed by atoms with Crippen LogP contribution in [0.25, 0.3) is 0 Å². The van der Waals surface area contributed by atoms with Crippen molar-refractivity contribution in [3.63, 3.8) is 0 Å². The summed E-state index contributed by atoms with van der Waals surface area (Å²) in [6, 6.07) is 8.80. The Morgan fingerprint density at radius 1 is 1.30 bits per heavy atom. The van der Waals surface area contributed by atoms with Gasteiger partial charge >= 0.3 is 0 Å². The molecule has 112 valence electrons. The average molecular weight is 314 g/mol. The van der Waals surface area contributed by atoms with Crippen LogP contribution in [0, 0.1) is 0 Å². The first-order chi connectivity index (χ1) is 9.51. The predicted molar refractivity (Wildman–Crippen MR) is 84.6 cm³/mol. The quantitative estimate of drug-likeness (QED) is 0.849. The van der Waals surface area contributed by atoms with Gasteiger partial charge in [-0.05, 0) is 38.4 Å². The van der Waals surface area contributed by atoms with Crippen molar-refractivity contribution >= 4 is 21.8 Å². The topological polar surface area (TPSA) is 40.6 Å². The fourth-order valence-corrected chi connectivity index (χ4v) is 5.24. The third-order valence-electron chi connectivity index (χ3n) is 3.31. The highest BCUT2D eigenvalue weighted by molar-refractivity contribution is 7.99. The lowest BCUT2D eigenvalue weighted by Crippen LogP contribution is -2.46. The second kappa shape index (κ2) is 6.93. The molecule has 4 nitrogen and oxygen atoms in total. The zero-order valence-corrected chi connectivity index (χ0v) is 13.7. The molecule has 2 rings (SSSR count). The smallest absolute Gasteiger partial charge is 0.243 e. The van der Waals surface area contributed by atoms with E-state index in [-0.39, 0.29) is 6.04 Å². The van der Waals surface area contributed by atoms with Crippen molar-refractivity contribution in [1.82, 2.24) is 9.21 Å². The van der Waals surface area contributed by atoms with E-state index in [0.717, 1.165) is 24.5 Å². The molecule has 0 saturated carbocycles. The summed E-state index contributed by atoms with van der Waals surface area (Å²) in [6.07, 6.45) is 0.917. The molecule has 1 aliphatic rings. The fraction of sp³-hybridized carbons (Fsp3) is 0.571. The van der Waals surface area contributed by atoms with Gasteiger partial charge in [-0.3, -0.25) is 0 Å². The maximum atomic E-state index is 12.8. The van der Waals surface area contributed by atoms with Crippen molar-refractivity contribution in [1.29, 1.82) is 0 Å². The SMILES string of the molecule is CN(C)CC1CSCCCN1S(=O)(=O)c1ccccc1. The van der Waals surface area contributed by atoms with Gasteiger partial charge in [-0.15, -0.1) is 0 Å². The molecule has 1 aromatic carbocycles. The normalized spacial score (nSPS) is 21.9. The van der Waals surface area contributed by atoms with Gasteiger partial charge in [0.25, 0.3) is 0 Å². The second-order valence-corrected chi connectivity index (χ2v) is 8.31. The number of hydrogen-bond donors (Lipinski definition) is 0. The zero-order chi connectivity index (χ0) is 14.6. The minimum atomic E-state index is -3.39. The van der Waals surface area contributed by atoms with Gasteiger partial charge in [-0.25, -0.2) is 8.42 Å². The van der Waals surface area contributed by atoms with E-state index < -0.39 is 10.0 Å². The van der Waals surface area contributed by atoms with Crippen molar-refractivity contribution in [2.24, 2.45) is 0 Å². The Morgan fingerprint density at radius 3 is 2.65 bits per heavy atom. The molecule has 0 N–H and O–H groups in total. The van der Waals surface area contributed by atoms with Crippen molar-refractivity contribution in [2.45, 2.75) is 17.4 Å². The number of thioether (sulfide) groups is 1. The number of likely N-dealkylation sites (N-methyl/N-ethyl adjacent to an activating group) is 1. The minimum Gasteiger partial charge on any atom is -0.308 e. The Hall–Kier alpha value is -0.560. The number of sulfonamides is 1. The van der Waals surface area contributed by atoms with Crippen LogP contribution in [0.2, 0.25) is 0 Å². The van der Waals surface area contributed by atoms with Crippen molar-refractivity contribution in [2.75, 3.05) is 38.7 Å². The maximum absolute atomic E-state index is 12.8. The maximum Gasteiger partial charge on any atom is 0.243 e. The summed E-state index contributed by atoms with van der Waals surface area (Å²) in [5.41, 5.74) is 0. The molecular weight excluding hydrogens is 292 g/mol. The van der Waals surface area contributed by atoms with E-state index in [1.165, 1.54) is 0 Å². The molecule has 1 fully saturated rings. The summed E-state index contributed by atoms with van der Waals surface area (Å²) in [5, 5.41) is 0. The molecule has 20 heavy (non-hydrogen) atoms. The Bertz CT molecular complexity index is 517. The van der Waals surface area contributed by atoms with E-state index in [4.69, 9.17) is 0 Å². The van der Waals surface area contributed by atoms with E-state index in [2.05, 4.69) is 4.90 Å². The molecule has 1 aliphatic heterocycles. The molecule has 0 aliphatic carbocycles. The lowest BCUT2D eigenvalue weighted by Gasteiger charge is -2.30. The molecule has 0 spiro atoms. The van der Waals surface area contributed by atoms with Gasteiger partial charge in [0.2, 0.25) is 10.0 Å². The van der Waals surface area contributed by atoms with Crippen LogP contribution in [-0.4, -0.2) is 62.4 Å². The molecule has 1 unspecified atom stereocenters. The van der Waals surface area contributed by atoms with Crippen LogP contribution >= 0.6 is 11.8 Å². The van der Waals surface area contributed by atoms with E-state index in [1.807, 2.05) is 31.9 Å². The van der Waals surface area contributed by atoms with Crippen LogP contribution in [0.5, 0.6) is 0 Å². The van der Waals surface area contributed by atoms with Crippen LogP contribution in [0.15, 0.2) is 35.2 Å². The standard InChI is InChI=1S/C14H22N2O2S2/c1-15(2)11-13-12-19-10-6-9-16(13)20(17,18)14-7-4-3-5-8-14/h3-5,7-8,13H,6,9-12H2,1-2H3. The molecule has 1 saturated heterocycles. The highest BCUT2D eigenvalue weighted by Gasteiger charge is 2.32. The van der Waals surface area contributed by atoms with Crippen LogP contribution in [0.4, 0.5) is 0 Å². The van der Waals surface area contributed by atoms with E-state index in [9.17, 15) is 8.42 Å². The molecule has 0 amide bonds. The first kappa shape index (κ1) is 15.8. The highest BCUT2D eigenvalue weighted by Crippen LogP contribution is 2.24. The van der Waals surface area contributed by atoms with Crippen molar-refractivity contribution < 1.29 is 8.42 Å². The van der Waals surface area contributed by atoms with Crippen LogP contribution in [0.1, 0.15) is 6.42 Å². The van der Waals surface area contributed by atoms with E-state index in [0.29, 0.717) is 11.4 Å². The van der Waals surface area contributed by atoms with Gasteiger partial charge in [0.05, 0.1) is 4.90 Å². The lowest BCUT2D eigenvalue weighted by atomic mass is 10.3. The summed E-state index contributed by atoms with van der Waals surface area (Å²) in [6.45, 7) is 1.38. The summed E-state index contributed by atoms with van der Waals surface area (Å²) in [4.78, 5) is 2.46. The van der Waals surface area contributed by atoms with Gasteiger partial charge in [0, 0.05) is 24.9 Å². The van der Waals surface area contributed by atoms with Crippen LogP contribution in [-0.2, 0) is 10.0 Å². The summed E-state index contributed by atoms with van der Waals surface area (Å²) < 4.78 is 27.4. The van der Waals surface area contributed by atoms with Gasteiger partial charge in [0.1, 0.15) is 0 Å². The lowest BCUT2D eigenvalue weighted by molar-refractivity contribution is 0.271. The highest BCUT2D eigenvalue weighted by atomic mass is 32.2. The average Bonchev–Trinajstić information content (AvgIpc) is 2.65. The van der Waals surface area contributed by atoms with Gasteiger partial charge in [-0.2, -0.15) is 16.1 Å². The molecule has 0 bridgehead atoms. The molecule has 6 heteroatoms. The first-order valence-corrected chi connectivity index (χ1v) is 9.40. The van der Waals surface area contributed by atoms with Crippen molar-refractivity contribution in [3.05, 3.63) is 30.3 Å². The van der Waals surface area contributed by atoms with Gasteiger partial charge in [0.15, 0.2) is 0 Å². The summed E-state index contributed by atoms with van der Waals surface area (Å²) >= 11 is 1.85. The first-order valence-electron chi connectivity index (χ1n) is 6.81. The zero-order valence-electron chi connectivity index (χ0n) is 12.0. The molecule has 0 aromatic heterocycles. The third-order valence-corrected chi connectivity index (χ3v) is 6.47. The molecule has 1 heterocycles. The van der Waals surface area contributed by atoms with Gasteiger partial charge in [-0.1, -0.05) is 18.2 Å². The Morgan fingerprint density at radius 2 is 2.00 bits per heavy atom. The summed E-state index contributed by atoms with van der Waals surface area (Å²) in [5.74, 6) is 1.90. The summed E-state index contributed by atoms with van der Waals surface area (Å²) in [7, 11) is 0.591. The second-order valence-electron chi connectivity index (χ2n) is 5.27. The number of benzene rings is 1. The number of rotatable bonds is 4. The van der Waals surface area contributed by atoms with E-state index in [1.54, 1.807) is 28.6 Å². The monoisotopic (exact) mass is 314 g/mol. The number of hydrogen-bond acceptors (Lipinski definition) is 4. The van der Waals surface area contributed by atoms with Gasteiger partial charge < -0.3 is 4.90 Å². The molecule has 1 aromatic rings. The third kappa shape index (κ3) is 3.75. The predicted octanol–water partition coefficient (Wildman–Crippen LogP) is 1.74.